The van der Waals surface area contributed by atoms with Crippen LogP contribution in [0.5, 0.6) is 5.75 Å². The highest BCUT2D eigenvalue weighted by atomic mass is 19.4. The summed E-state index contributed by atoms with van der Waals surface area (Å²) in [4.78, 5) is 14.1. The number of likely N-dealkylation sites (tertiary alicyclic amines) is 1. The van der Waals surface area contributed by atoms with E-state index in [4.69, 9.17) is 4.74 Å². The van der Waals surface area contributed by atoms with E-state index in [1.807, 2.05) is 24.3 Å². The molecule has 0 bridgehead atoms. The number of ether oxygens (including phenoxy) is 1. The molecule has 0 aliphatic carbocycles. The standard InChI is InChI=1S/C19H18F3NO2/c1-25-15-8-6-13(7-9-15)14-10-11-23(12-14)18(24)16-4-2-3-5-17(16)19(20,21)22/h2-9,14H,10-12H2,1H3/t14-/m0/s1. The highest BCUT2D eigenvalue weighted by Crippen LogP contribution is 2.34. The molecule has 3 nitrogen and oxygen atoms in total. The lowest BCUT2D eigenvalue weighted by Gasteiger charge is -2.19. The van der Waals surface area contributed by atoms with Crippen molar-refractivity contribution >= 4 is 5.91 Å². The van der Waals surface area contributed by atoms with Crippen molar-refractivity contribution in [2.45, 2.75) is 18.5 Å². The van der Waals surface area contributed by atoms with Crippen LogP contribution in [-0.2, 0) is 6.18 Å². The topological polar surface area (TPSA) is 29.5 Å². The highest BCUT2D eigenvalue weighted by molar-refractivity contribution is 5.96. The van der Waals surface area contributed by atoms with Crippen LogP contribution in [0.3, 0.4) is 0 Å². The molecule has 1 fully saturated rings. The third kappa shape index (κ3) is 3.62. The molecule has 25 heavy (non-hydrogen) atoms. The molecule has 1 aliphatic rings. The van der Waals surface area contributed by atoms with Gasteiger partial charge in [-0.25, -0.2) is 0 Å². The zero-order chi connectivity index (χ0) is 18.0. The molecule has 0 N–H and O–H groups in total. The molecule has 0 spiro atoms. The Morgan fingerprint density at radius 1 is 1.12 bits per heavy atom. The fourth-order valence-corrected chi connectivity index (χ4v) is 3.18. The molecule has 132 valence electrons. The lowest BCUT2D eigenvalue weighted by Crippen LogP contribution is -2.30. The maximum absolute atomic E-state index is 13.1. The number of amides is 1. The van der Waals surface area contributed by atoms with Gasteiger partial charge in [0.25, 0.3) is 5.91 Å². The molecule has 0 aromatic heterocycles. The van der Waals surface area contributed by atoms with Crippen LogP contribution in [0.2, 0.25) is 0 Å². The molecule has 2 aromatic rings. The monoisotopic (exact) mass is 349 g/mol. The van der Waals surface area contributed by atoms with E-state index < -0.39 is 17.6 Å². The van der Waals surface area contributed by atoms with E-state index >= 15 is 0 Å². The fraction of sp³-hybridized carbons (Fsp3) is 0.316. The van der Waals surface area contributed by atoms with Gasteiger partial charge >= 0.3 is 6.18 Å². The number of methoxy groups -OCH3 is 1. The summed E-state index contributed by atoms with van der Waals surface area (Å²) in [5.74, 6) is 0.297. The van der Waals surface area contributed by atoms with Crippen molar-refractivity contribution in [3.63, 3.8) is 0 Å². The predicted molar refractivity (Wildman–Crippen MR) is 87.7 cm³/mol. The number of rotatable bonds is 3. The molecule has 0 unspecified atom stereocenters. The van der Waals surface area contributed by atoms with Gasteiger partial charge < -0.3 is 9.64 Å². The van der Waals surface area contributed by atoms with Crippen molar-refractivity contribution in [1.29, 1.82) is 0 Å². The summed E-state index contributed by atoms with van der Waals surface area (Å²) < 4.78 is 44.5. The summed E-state index contributed by atoms with van der Waals surface area (Å²) in [5.41, 5.74) is -0.113. The Balaban J connectivity index is 1.77. The lowest BCUT2D eigenvalue weighted by atomic mass is 9.98. The second kappa shape index (κ2) is 6.78. The van der Waals surface area contributed by atoms with E-state index in [2.05, 4.69) is 0 Å². The molecule has 0 saturated carbocycles. The fourth-order valence-electron chi connectivity index (χ4n) is 3.18. The minimum absolute atomic E-state index is 0.118. The van der Waals surface area contributed by atoms with Gasteiger partial charge in [-0.2, -0.15) is 13.2 Å². The summed E-state index contributed by atoms with van der Waals surface area (Å²) >= 11 is 0. The van der Waals surface area contributed by atoms with Crippen LogP contribution in [0.1, 0.15) is 33.8 Å². The van der Waals surface area contributed by atoms with E-state index in [-0.39, 0.29) is 11.5 Å². The van der Waals surface area contributed by atoms with Gasteiger partial charge in [-0.05, 0) is 36.2 Å². The largest absolute Gasteiger partial charge is 0.497 e. The van der Waals surface area contributed by atoms with Gasteiger partial charge in [0.15, 0.2) is 0 Å². The van der Waals surface area contributed by atoms with E-state index in [1.54, 1.807) is 7.11 Å². The molecule has 1 saturated heterocycles. The summed E-state index contributed by atoms with van der Waals surface area (Å²) in [6.07, 6.45) is -3.81. The van der Waals surface area contributed by atoms with E-state index in [9.17, 15) is 18.0 Å². The lowest BCUT2D eigenvalue weighted by molar-refractivity contribution is -0.138. The molecule has 2 aromatic carbocycles. The minimum Gasteiger partial charge on any atom is -0.497 e. The maximum Gasteiger partial charge on any atom is 0.417 e. The van der Waals surface area contributed by atoms with Gasteiger partial charge in [0, 0.05) is 19.0 Å². The predicted octanol–water partition coefficient (Wildman–Crippen LogP) is 4.34. The molecular formula is C19H18F3NO2. The summed E-state index contributed by atoms with van der Waals surface area (Å²) in [6.45, 7) is 0.860. The average molecular weight is 349 g/mol. The van der Waals surface area contributed by atoms with Gasteiger partial charge in [0.1, 0.15) is 5.75 Å². The van der Waals surface area contributed by atoms with Crippen LogP contribution >= 0.6 is 0 Å². The third-order valence-corrected chi connectivity index (χ3v) is 4.53. The molecule has 6 heteroatoms. The molecular weight excluding hydrogens is 331 g/mol. The van der Waals surface area contributed by atoms with Crippen LogP contribution in [0.4, 0.5) is 13.2 Å². The number of carbonyl (C=O) groups excluding carboxylic acids is 1. The number of halogens is 3. The van der Waals surface area contributed by atoms with Crippen molar-refractivity contribution in [3.05, 3.63) is 65.2 Å². The smallest absolute Gasteiger partial charge is 0.417 e. The molecule has 1 amide bonds. The Morgan fingerprint density at radius 3 is 2.44 bits per heavy atom. The first kappa shape index (κ1) is 17.3. The summed E-state index contributed by atoms with van der Waals surface area (Å²) in [7, 11) is 1.59. The van der Waals surface area contributed by atoms with Crippen molar-refractivity contribution in [2.75, 3.05) is 20.2 Å². The van der Waals surface area contributed by atoms with Crippen LogP contribution in [-0.4, -0.2) is 31.0 Å². The summed E-state index contributed by atoms with van der Waals surface area (Å²) in [6, 6.07) is 12.5. The van der Waals surface area contributed by atoms with E-state index in [1.165, 1.54) is 23.1 Å². The van der Waals surface area contributed by atoms with Crippen LogP contribution in [0.25, 0.3) is 0 Å². The molecule has 1 heterocycles. The Kier molecular flexibility index (Phi) is 4.70. The van der Waals surface area contributed by atoms with Gasteiger partial charge in [-0.3, -0.25) is 4.79 Å². The van der Waals surface area contributed by atoms with Gasteiger partial charge in [0.05, 0.1) is 18.2 Å². The third-order valence-electron chi connectivity index (χ3n) is 4.53. The number of carbonyl (C=O) groups is 1. The average Bonchev–Trinajstić information content (AvgIpc) is 3.10. The quantitative estimate of drug-likeness (QED) is 0.825. The summed E-state index contributed by atoms with van der Waals surface area (Å²) in [5, 5.41) is 0. The minimum atomic E-state index is -4.54. The van der Waals surface area contributed by atoms with Gasteiger partial charge in [0.2, 0.25) is 0 Å². The number of benzene rings is 2. The number of nitrogens with zero attached hydrogens (tertiary/aromatic N) is 1. The van der Waals surface area contributed by atoms with Crippen LogP contribution < -0.4 is 4.74 Å². The molecule has 1 atom stereocenters. The van der Waals surface area contributed by atoms with Crippen molar-refractivity contribution < 1.29 is 22.7 Å². The van der Waals surface area contributed by atoms with E-state index in [0.717, 1.165) is 23.8 Å². The molecule has 0 radical (unpaired) electrons. The molecule has 1 aliphatic heterocycles. The van der Waals surface area contributed by atoms with Crippen molar-refractivity contribution in [3.8, 4) is 5.75 Å². The number of hydrogen-bond acceptors (Lipinski definition) is 2. The zero-order valence-electron chi connectivity index (χ0n) is 13.7. The Bertz CT molecular complexity index is 756. The Morgan fingerprint density at radius 2 is 1.80 bits per heavy atom. The normalized spacial score (nSPS) is 17.6. The first-order valence-corrected chi connectivity index (χ1v) is 7.99. The second-order valence-electron chi connectivity index (χ2n) is 6.05. The van der Waals surface area contributed by atoms with Gasteiger partial charge in [-0.15, -0.1) is 0 Å². The van der Waals surface area contributed by atoms with Gasteiger partial charge in [-0.1, -0.05) is 24.3 Å². The van der Waals surface area contributed by atoms with Crippen LogP contribution in [0, 0.1) is 0 Å². The maximum atomic E-state index is 13.1. The number of alkyl halides is 3. The zero-order valence-corrected chi connectivity index (χ0v) is 13.7. The first-order chi connectivity index (χ1) is 11.9. The first-order valence-electron chi connectivity index (χ1n) is 7.99. The Hall–Kier alpha value is -2.50. The SMILES string of the molecule is COc1ccc([C@H]2CCN(C(=O)c3ccccc3C(F)(F)F)C2)cc1. The van der Waals surface area contributed by atoms with Crippen molar-refractivity contribution in [2.24, 2.45) is 0 Å². The van der Waals surface area contributed by atoms with Crippen LogP contribution in [0.15, 0.2) is 48.5 Å². The van der Waals surface area contributed by atoms with Crippen molar-refractivity contribution in [1.82, 2.24) is 4.90 Å². The number of hydrogen-bond donors (Lipinski definition) is 0. The Labute approximate surface area is 144 Å². The highest BCUT2D eigenvalue weighted by Gasteiger charge is 2.37. The second-order valence-corrected chi connectivity index (χ2v) is 6.05. The molecule has 3 rings (SSSR count). The van der Waals surface area contributed by atoms with E-state index in [0.29, 0.717) is 13.1 Å².